The van der Waals surface area contributed by atoms with E-state index in [4.69, 9.17) is 0 Å². The number of carbonyl (C=O) groups is 1. The number of pyridine rings is 1. The van der Waals surface area contributed by atoms with E-state index in [9.17, 15) is 13.2 Å². The fourth-order valence-corrected chi connectivity index (χ4v) is 4.93. The molecule has 0 unspecified atom stereocenters. The van der Waals surface area contributed by atoms with Crippen molar-refractivity contribution in [2.24, 2.45) is 0 Å². The summed E-state index contributed by atoms with van der Waals surface area (Å²) in [5.41, 5.74) is 0. The predicted octanol–water partition coefficient (Wildman–Crippen LogP) is 0.820. The zero-order valence-electron chi connectivity index (χ0n) is 14.5. The minimum absolute atomic E-state index is 0.0327. The molecule has 1 N–H and O–H groups in total. The molecular formula is C18H22N4O3S. The van der Waals surface area contributed by atoms with E-state index >= 15 is 0 Å². The van der Waals surface area contributed by atoms with E-state index < -0.39 is 10.0 Å². The number of benzene rings is 1. The number of fused-ring (bicyclic) bond motifs is 1. The van der Waals surface area contributed by atoms with E-state index in [1.165, 1.54) is 4.31 Å². The van der Waals surface area contributed by atoms with Crippen molar-refractivity contribution in [3.63, 3.8) is 0 Å². The molecule has 1 amide bonds. The number of sulfonamides is 1. The molecule has 0 radical (unpaired) electrons. The van der Waals surface area contributed by atoms with Gasteiger partial charge in [0.25, 0.3) is 0 Å². The second kappa shape index (κ2) is 6.94. The third kappa shape index (κ3) is 3.58. The molecule has 4 rings (SSSR count). The van der Waals surface area contributed by atoms with Crippen LogP contribution in [0.15, 0.2) is 41.6 Å². The molecule has 0 spiro atoms. The summed E-state index contributed by atoms with van der Waals surface area (Å²) in [6.45, 7) is 2.23. The summed E-state index contributed by atoms with van der Waals surface area (Å²) in [6, 6.07) is 7.34. The van der Waals surface area contributed by atoms with Gasteiger partial charge in [-0.25, -0.2) is 8.42 Å². The lowest BCUT2D eigenvalue weighted by Gasteiger charge is -2.33. The number of rotatable bonds is 5. The van der Waals surface area contributed by atoms with Crippen molar-refractivity contribution in [3.8, 4) is 0 Å². The van der Waals surface area contributed by atoms with Gasteiger partial charge in [-0.05, 0) is 25.0 Å². The first kappa shape index (κ1) is 17.4. The zero-order chi connectivity index (χ0) is 18.1. The number of nitrogens with zero attached hydrogens (tertiary/aromatic N) is 3. The summed E-state index contributed by atoms with van der Waals surface area (Å²) in [6.07, 6.45) is 5.42. The molecule has 1 aliphatic heterocycles. The number of hydrogen-bond acceptors (Lipinski definition) is 5. The number of hydrogen-bond donors (Lipinski definition) is 1. The van der Waals surface area contributed by atoms with Crippen LogP contribution in [0.1, 0.15) is 12.8 Å². The van der Waals surface area contributed by atoms with Gasteiger partial charge in [-0.2, -0.15) is 4.31 Å². The SMILES string of the molecule is O=C(CN1CCN(S(=O)(=O)c2cccc3cnccc23)CC1)NC1CC1. The molecule has 1 aromatic carbocycles. The first-order chi connectivity index (χ1) is 12.5. The summed E-state index contributed by atoms with van der Waals surface area (Å²) in [5.74, 6) is 0.0327. The number of aromatic nitrogens is 1. The van der Waals surface area contributed by atoms with Crippen LogP contribution in [0.3, 0.4) is 0 Å². The Morgan fingerprint density at radius 3 is 2.65 bits per heavy atom. The van der Waals surface area contributed by atoms with Crippen LogP contribution in [-0.4, -0.2) is 67.3 Å². The largest absolute Gasteiger partial charge is 0.352 e. The van der Waals surface area contributed by atoms with Crippen molar-refractivity contribution < 1.29 is 13.2 Å². The molecule has 2 aliphatic rings. The summed E-state index contributed by atoms with van der Waals surface area (Å²) in [4.78, 5) is 18.3. The van der Waals surface area contributed by atoms with Crippen LogP contribution in [-0.2, 0) is 14.8 Å². The van der Waals surface area contributed by atoms with Crippen molar-refractivity contribution in [2.45, 2.75) is 23.8 Å². The normalized spacial score (nSPS) is 19.5. The van der Waals surface area contributed by atoms with Crippen molar-refractivity contribution in [3.05, 3.63) is 36.7 Å². The van der Waals surface area contributed by atoms with Gasteiger partial charge in [-0.3, -0.25) is 14.7 Å². The van der Waals surface area contributed by atoms with E-state index in [1.54, 1.807) is 30.6 Å². The molecule has 7 nitrogen and oxygen atoms in total. The number of carbonyl (C=O) groups excluding carboxylic acids is 1. The van der Waals surface area contributed by atoms with Crippen molar-refractivity contribution >= 4 is 26.7 Å². The van der Waals surface area contributed by atoms with E-state index in [0.29, 0.717) is 49.0 Å². The Balaban J connectivity index is 1.45. The topological polar surface area (TPSA) is 82.6 Å². The molecule has 2 fully saturated rings. The third-order valence-corrected chi connectivity index (χ3v) is 6.86. The van der Waals surface area contributed by atoms with Crippen LogP contribution in [0.4, 0.5) is 0 Å². The first-order valence-electron chi connectivity index (χ1n) is 8.89. The molecule has 0 bridgehead atoms. The maximum atomic E-state index is 13.1. The second-order valence-electron chi connectivity index (χ2n) is 6.87. The standard InChI is InChI=1S/C18H22N4O3S/c23-18(20-15-4-5-15)13-21-8-10-22(11-9-21)26(24,25)17-3-1-2-14-12-19-7-6-16(14)17/h1-3,6-7,12,15H,4-5,8-11,13H2,(H,20,23). The van der Waals surface area contributed by atoms with E-state index in [-0.39, 0.29) is 5.91 Å². The van der Waals surface area contributed by atoms with Crippen LogP contribution in [0.2, 0.25) is 0 Å². The Hall–Kier alpha value is -2.03. The van der Waals surface area contributed by atoms with Gasteiger partial charge in [-0.1, -0.05) is 12.1 Å². The lowest BCUT2D eigenvalue weighted by atomic mass is 10.2. The molecule has 2 aromatic rings. The van der Waals surface area contributed by atoms with E-state index in [0.717, 1.165) is 18.2 Å². The van der Waals surface area contributed by atoms with Crippen LogP contribution >= 0.6 is 0 Å². The molecule has 2 heterocycles. The minimum atomic E-state index is -3.57. The van der Waals surface area contributed by atoms with Crippen LogP contribution < -0.4 is 5.32 Å². The lowest BCUT2D eigenvalue weighted by molar-refractivity contribution is -0.122. The fourth-order valence-electron chi connectivity index (χ4n) is 3.29. The van der Waals surface area contributed by atoms with Crippen molar-refractivity contribution in [1.29, 1.82) is 0 Å². The van der Waals surface area contributed by atoms with Crippen LogP contribution in [0, 0.1) is 0 Å². The van der Waals surface area contributed by atoms with Gasteiger partial charge in [0.15, 0.2) is 0 Å². The summed E-state index contributed by atoms with van der Waals surface area (Å²) in [5, 5.41) is 4.47. The summed E-state index contributed by atoms with van der Waals surface area (Å²) in [7, 11) is -3.57. The molecule has 26 heavy (non-hydrogen) atoms. The highest BCUT2D eigenvalue weighted by molar-refractivity contribution is 7.89. The smallest absolute Gasteiger partial charge is 0.243 e. The van der Waals surface area contributed by atoms with Crippen molar-refractivity contribution in [1.82, 2.24) is 19.5 Å². The Bertz CT molecular complexity index is 914. The maximum Gasteiger partial charge on any atom is 0.243 e. The molecule has 1 aromatic heterocycles. The monoisotopic (exact) mass is 374 g/mol. The van der Waals surface area contributed by atoms with Gasteiger partial charge >= 0.3 is 0 Å². The Morgan fingerprint density at radius 2 is 1.92 bits per heavy atom. The quantitative estimate of drug-likeness (QED) is 0.838. The second-order valence-corrected chi connectivity index (χ2v) is 8.78. The third-order valence-electron chi connectivity index (χ3n) is 4.90. The average molecular weight is 374 g/mol. The lowest BCUT2D eigenvalue weighted by Crippen LogP contribution is -2.51. The zero-order valence-corrected chi connectivity index (χ0v) is 15.3. The number of nitrogens with one attached hydrogen (secondary N) is 1. The highest BCUT2D eigenvalue weighted by Crippen LogP contribution is 2.26. The maximum absolute atomic E-state index is 13.1. The summed E-state index contributed by atoms with van der Waals surface area (Å²) < 4.78 is 27.7. The summed E-state index contributed by atoms with van der Waals surface area (Å²) >= 11 is 0. The van der Waals surface area contributed by atoms with Gasteiger partial charge in [0.05, 0.1) is 11.4 Å². The van der Waals surface area contributed by atoms with Gasteiger partial charge < -0.3 is 5.32 Å². The predicted molar refractivity (Wildman–Crippen MR) is 98.1 cm³/mol. The number of amides is 1. The molecule has 1 aliphatic carbocycles. The fraction of sp³-hybridized carbons (Fsp3) is 0.444. The van der Waals surface area contributed by atoms with Crippen LogP contribution in [0.25, 0.3) is 10.8 Å². The first-order valence-corrected chi connectivity index (χ1v) is 10.3. The molecular weight excluding hydrogens is 352 g/mol. The molecule has 138 valence electrons. The van der Waals surface area contributed by atoms with Gasteiger partial charge in [-0.15, -0.1) is 0 Å². The molecule has 1 saturated carbocycles. The highest BCUT2D eigenvalue weighted by atomic mass is 32.2. The molecule has 1 saturated heterocycles. The Kier molecular flexibility index (Phi) is 4.64. The average Bonchev–Trinajstić information content (AvgIpc) is 3.45. The van der Waals surface area contributed by atoms with Gasteiger partial charge in [0.1, 0.15) is 0 Å². The number of piperazine rings is 1. The van der Waals surface area contributed by atoms with Gasteiger partial charge in [0.2, 0.25) is 15.9 Å². The van der Waals surface area contributed by atoms with Gasteiger partial charge in [0, 0.05) is 55.4 Å². The Labute approximate surface area is 153 Å². The minimum Gasteiger partial charge on any atom is -0.352 e. The highest BCUT2D eigenvalue weighted by Gasteiger charge is 2.31. The van der Waals surface area contributed by atoms with E-state index in [2.05, 4.69) is 10.3 Å². The van der Waals surface area contributed by atoms with E-state index in [1.807, 2.05) is 11.0 Å². The molecule has 8 heteroatoms. The van der Waals surface area contributed by atoms with Crippen molar-refractivity contribution in [2.75, 3.05) is 32.7 Å². The van der Waals surface area contributed by atoms with Crippen LogP contribution in [0.5, 0.6) is 0 Å². The molecule has 0 atom stereocenters. The Morgan fingerprint density at radius 1 is 1.15 bits per heavy atom.